The summed E-state index contributed by atoms with van der Waals surface area (Å²) in [6.07, 6.45) is 1.18. The van der Waals surface area contributed by atoms with Gasteiger partial charge in [0.15, 0.2) is 0 Å². The molecule has 1 heterocycles. The van der Waals surface area contributed by atoms with Crippen LogP contribution in [-0.4, -0.2) is 47.1 Å². The van der Waals surface area contributed by atoms with Crippen LogP contribution in [0.5, 0.6) is 0 Å². The van der Waals surface area contributed by atoms with E-state index in [1.807, 2.05) is 0 Å². The SMILES string of the molecule is CCN(CC(=O)O)S(=O)(=O)c1cn[nH]c1C. The van der Waals surface area contributed by atoms with Gasteiger partial charge in [-0.3, -0.25) is 9.89 Å². The van der Waals surface area contributed by atoms with Crippen molar-refractivity contribution in [2.24, 2.45) is 0 Å². The number of carboxylic acids is 1. The molecule has 1 rings (SSSR count). The maximum atomic E-state index is 12.0. The molecule has 1 aromatic rings. The summed E-state index contributed by atoms with van der Waals surface area (Å²) in [6.45, 7) is 2.69. The van der Waals surface area contributed by atoms with E-state index in [0.717, 1.165) is 4.31 Å². The molecule has 90 valence electrons. The number of likely N-dealkylation sites (N-methyl/N-ethyl adjacent to an activating group) is 1. The van der Waals surface area contributed by atoms with Crippen LogP contribution >= 0.6 is 0 Å². The second-order valence-electron chi connectivity index (χ2n) is 3.18. The Hall–Kier alpha value is -1.41. The molecule has 0 atom stereocenters. The normalized spacial score (nSPS) is 11.9. The maximum Gasteiger partial charge on any atom is 0.318 e. The summed E-state index contributed by atoms with van der Waals surface area (Å²) in [5.41, 5.74) is 0.392. The van der Waals surface area contributed by atoms with E-state index < -0.39 is 22.5 Å². The predicted molar refractivity (Wildman–Crippen MR) is 55.4 cm³/mol. The molecule has 0 fully saturated rings. The molecule has 0 aliphatic heterocycles. The number of aromatic amines is 1. The molecule has 1 aromatic heterocycles. The van der Waals surface area contributed by atoms with Gasteiger partial charge in [0.1, 0.15) is 11.4 Å². The van der Waals surface area contributed by atoms with E-state index in [1.165, 1.54) is 6.20 Å². The number of aromatic nitrogens is 2. The molecular formula is C8H13N3O4S. The number of aliphatic carboxylic acids is 1. The average Bonchev–Trinajstić information content (AvgIpc) is 2.60. The Bertz CT molecular complexity index is 479. The molecule has 0 unspecified atom stereocenters. The van der Waals surface area contributed by atoms with Crippen molar-refractivity contribution in [3.63, 3.8) is 0 Å². The summed E-state index contributed by atoms with van der Waals surface area (Å²) in [4.78, 5) is 10.6. The third-order valence-corrected chi connectivity index (χ3v) is 4.10. The Morgan fingerprint density at radius 2 is 2.25 bits per heavy atom. The summed E-state index contributed by atoms with van der Waals surface area (Å²) >= 11 is 0. The lowest BCUT2D eigenvalue weighted by Crippen LogP contribution is -2.35. The monoisotopic (exact) mass is 247 g/mol. The minimum atomic E-state index is -3.77. The fourth-order valence-electron chi connectivity index (χ4n) is 1.26. The first kappa shape index (κ1) is 12.7. The van der Waals surface area contributed by atoms with Crippen molar-refractivity contribution < 1.29 is 18.3 Å². The number of H-pyrrole nitrogens is 1. The smallest absolute Gasteiger partial charge is 0.318 e. The van der Waals surface area contributed by atoms with E-state index in [2.05, 4.69) is 10.2 Å². The molecule has 0 amide bonds. The van der Waals surface area contributed by atoms with Gasteiger partial charge in [0.25, 0.3) is 0 Å². The first-order chi connectivity index (χ1) is 7.39. The van der Waals surface area contributed by atoms with Crippen LogP contribution in [0.3, 0.4) is 0 Å². The van der Waals surface area contributed by atoms with Gasteiger partial charge in [-0.05, 0) is 6.92 Å². The summed E-state index contributed by atoms with van der Waals surface area (Å²) in [5, 5.41) is 14.7. The van der Waals surface area contributed by atoms with E-state index in [0.29, 0.717) is 5.69 Å². The third-order valence-electron chi connectivity index (χ3n) is 2.07. The molecular weight excluding hydrogens is 234 g/mol. The molecule has 0 radical (unpaired) electrons. The molecule has 0 aromatic carbocycles. The first-order valence-corrected chi connectivity index (χ1v) is 6.05. The lowest BCUT2D eigenvalue weighted by molar-refractivity contribution is -0.137. The third kappa shape index (κ3) is 2.39. The minimum Gasteiger partial charge on any atom is -0.480 e. The molecule has 0 saturated carbocycles. The van der Waals surface area contributed by atoms with Crippen molar-refractivity contribution >= 4 is 16.0 Å². The van der Waals surface area contributed by atoms with Gasteiger partial charge in [-0.1, -0.05) is 6.92 Å². The van der Waals surface area contributed by atoms with Gasteiger partial charge in [-0.2, -0.15) is 9.40 Å². The molecule has 8 heteroatoms. The van der Waals surface area contributed by atoms with Gasteiger partial charge < -0.3 is 5.11 Å². The van der Waals surface area contributed by atoms with E-state index >= 15 is 0 Å². The zero-order valence-corrected chi connectivity index (χ0v) is 9.78. The van der Waals surface area contributed by atoms with Crippen LogP contribution in [0.2, 0.25) is 0 Å². The van der Waals surface area contributed by atoms with Gasteiger partial charge in [-0.25, -0.2) is 8.42 Å². The highest BCUT2D eigenvalue weighted by molar-refractivity contribution is 7.89. The second kappa shape index (κ2) is 4.62. The molecule has 2 N–H and O–H groups in total. The van der Waals surface area contributed by atoms with Gasteiger partial charge >= 0.3 is 5.97 Å². The number of hydrogen-bond acceptors (Lipinski definition) is 4. The molecule has 0 saturated heterocycles. The van der Waals surface area contributed by atoms with E-state index in [4.69, 9.17) is 5.11 Å². The number of aryl methyl sites for hydroxylation is 1. The number of carboxylic acid groups (broad SMARTS) is 1. The zero-order valence-electron chi connectivity index (χ0n) is 8.97. The van der Waals surface area contributed by atoms with E-state index in [-0.39, 0.29) is 11.4 Å². The van der Waals surface area contributed by atoms with Gasteiger partial charge in [0.2, 0.25) is 10.0 Å². The van der Waals surface area contributed by atoms with Crippen molar-refractivity contribution in [3.8, 4) is 0 Å². The fourth-order valence-corrected chi connectivity index (χ4v) is 2.77. The number of sulfonamides is 1. The van der Waals surface area contributed by atoms with Gasteiger partial charge in [-0.15, -0.1) is 0 Å². The standard InChI is InChI=1S/C8H13N3O4S/c1-3-11(5-8(12)13)16(14,15)7-4-9-10-6(7)2/h4H,3,5H2,1-2H3,(H,9,10)(H,12,13). The van der Waals surface area contributed by atoms with Gasteiger partial charge in [0, 0.05) is 6.54 Å². The fraction of sp³-hybridized carbons (Fsp3) is 0.500. The highest BCUT2D eigenvalue weighted by Crippen LogP contribution is 2.16. The van der Waals surface area contributed by atoms with Crippen LogP contribution in [0.1, 0.15) is 12.6 Å². The van der Waals surface area contributed by atoms with Crippen molar-refractivity contribution in [2.75, 3.05) is 13.1 Å². The number of hydrogen-bond donors (Lipinski definition) is 2. The Labute approximate surface area is 93.1 Å². The Morgan fingerprint density at radius 1 is 1.62 bits per heavy atom. The van der Waals surface area contributed by atoms with Crippen LogP contribution in [-0.2, 0) is 14.8 Å². The van der Waals surface area contributed by atoms with Crippen LogP contribution in [0.25, 0.3) is 0 Å². The highest BCUT2D eigenvalue weighted by atomic mass is 32.2. The summed E-state index contributed by atoms with van der Waals surface area (Å²) < 4.78 is 24.8. The highest BCUT2D eigenvalue weighted by Gasteiger charge is 2.27. The molecule has 0 aliphatic carbocycles. The van der Waals surface area contributed by atoms with Gasteiger partial charge in [0.05, 0.1) is 11.9 Å². The summed E-state index contributed by atoms with van der Waals surface area (Å²) in [7, 11) is -3.77. The summed E-state index contributed by atoms with van der Waals surface area (Å²) in [5.74, 6) is -1.19. The molecule has 0 aliphatic rings. The van der Waals surface area contributed by atoms with Crippen LogP contribution in [0.4, 0.5) is 0 Å². The molecule has 7 nitrogen and oxygen atoms in total. The van der Waals surface area contributed by atoms with Crippen LogP contribution in [0, 0.1) is 6.92 Å². The topological polar surface area (TPSA) is 103 Å². The lowest BCUT2D eigenvalue weighted by atomic mass is 10.5. The quantitative estimate of drug-likeness (QED) is 0.750. The Kier molecular flexibility index (Phi) is 3.66. The van der Waals surface area contributed by atoms with E-state index in [1.54, 1.807) is 13.8 Å². The molecule has 0 spiro atoms. The molecule has 16 heavy (non-hydrogen) atoms. The van der Waals surface area contributed by atoms with Crippen LogP contribution in [0.15, 0.2) is 11.1 Å². The maximum absolute atomic E-state index is 12.0. The predicted octanol–water partition coefficient (Wildman–Crippen LogP) is -0.187. The van der Waals surface area contributed by atoms with Crippen molar-refractivity contribution in [1.29, 1.82) is 0 Å². The van der Waals surface area contributed by atoms with Crippen molar-refractivity contribution in [2.45, 2.75) is 18.7 Å². The zero-order chi connectivity index (χ0) is 12.3. The first-order valence-electron chi connectivity index (χ1n) is 4.61. The Morgan fingerprint density at radius 3 is 2.62 bits per heavy atom. The number of nitrogens with zero attached hydrogens (tertiary/aromatic N) is 2. The lowest BCUT2D eigenvalue weighted by Gasteiger charge is -2.17. The van der Waals surface area contributed by atoms with Crippen molar-refractivity contribution in [3.05, 3.63) is 11.9 Å². The van der Waals surface area contributed by atoms with E-state index in [9.17, 15) is 13.2 Å². The number of rotatable bonds is 5. The Balaban J connectivity index is 3.09. The summed E-state index contributed by atoms with van der Waals surface area (Å²) in [6, 6.07) is 0. The number of carbonyl (C=O) groups is 1. The van der Waals surface area contributed by atoms with Crippen LogP contribution < -0.4 is 0 Å². The van der Waals surface area contributed by atoms with Crippen molar-refractivity contribution in [1.82, 2.24) is 14.5 Å². The minimum absolute atomic E-state index is 0.00981. The largest absolute Gasteiger partial charge is 0.480 e. The number of nitrogens with one attached hydrogen (secondary N) is 1. The average molecular weight is 247 g/mol. The second-order valence-corrected chi connectivity index (χ2v) is 5.09. The molecule has 0 bridgehead atoms.